The Labute approximate surface area is 132 Å². The van der Waals surface area contributed by atoms with Crippen molar-refractivity contribution in [3.63, 3.8) is 0 Å². The minimum absolute atomic E-state index is 0.679. The van der Waals surface area contributed by atoms with Gasteiger partial charge in [-0.25, -0.2) is 4.99 Å². The molecule has 0 radical (unpaired) electrons. The second-order valence-corrected chi connectivity index (χ2v) is 6.89. The van der Waals surface area contributed by atoms with E-state index in [4.69, 9.17) is 4.99 Å². The van der Waals surface area contributed by atoms with Crippen molar-refractivity contribution in [1.82, 2.24) is 20.4 Å². The van der Waals surface area contributed by atoms with Crippen LogP contribution in [0.1, 0.15) is 36.7 Å². The Balaban J connectivity index is 1.95. The standard InChI is InChI=1S/C15H27N5S/c1-5-16-15(17-9-13-7-6-8-21-13)18-10-14-11(2)19-20(4)12(14)3/h13H,5-10H2,1-4H3,(H2,16,17,18). The highest BCUT2D eigenvalue weighted by molar-refractivity contribution is 8.00. The van der Waals surface area contributed by atoms with Crippen LogP contribution in [0.4, 0.5) is 0 Å². The Morgan fingerprint density at radius 2 is 2.24 bits per heavy atom. The van der Waals surface area contributed by atoms with Gasteiger partial charge < -0.3 is 10.6 Å². The van der Waals surface area contributed by atoms with E-state index in [0.29, 0.717) is 6.54 Å². The molecule has 1 atom stereocenters. The molecule has 2 rings (SSSR count). The predicted molar refractivity (Wildman–Crippen MR) is 91.0 cm³/mol. The molecule has 0 aromatic carbocycles. The summed E-state index contributed by atoms with van der Waals surface area (Å²) in [6.45, 7) is 8.81. The summed E-state index contributed by atoms with van der Waals surface area (Å²) in [6, 6.07) is 0. The maximum Gasteiger partial charge on any atom is 0.191 e. The van der Waals surface area contributed by atoms with Crippen molar-refractivity contribution in [1.29, 1.82) is 0 Å². The number of hydrogen-bond acceptors (Lipinski definition) is 3. The predicted octanol–water partition coefficient (Wildman–Crippen LogP) is 1.99. The highest BCUT2D eigenvalue weighted by Crippen LogP contribution is 2.25. The van der Waals surface area contributed by atoms with Crippen LogP contribution in [0.25, 0.3) is 0 Å². The molecule has 1 aliphatic heterocycles. The molecule has 2 heterocycles. The van der Waals surface area contributed by atoms with E-state index >= 15 is 0 Å². The van der Waals surface area contributed by atoms with Crippen LogP contribution in [0.2, 0.25) is 0 Å². The van der Waals surface area contributed by atoms with Crippen LogP contribution in [0.3, 0.4) is 0 Å². The number of aliphatic imine (C=N–C) groups is 1. The van der Waals surface area contributed by atoms with E-state index in [1.54, 1.807) is 0 Å². The summed E-state index contributed by atoms with van der Waals surface area (Å²) in [5.74, 6) is 2.21. The highest BCUT2D eigenvalue weighted by atomic mass is 32.2. The van der Waals surface area contributed by atoms with Gasteiger partial charge in [0.15, 0.2) is 5.96 Å². The number of nitrogens with one attached hydrogen (secondary N) is 2. The minimum atomic E-state index is 0.679. The fourth-order valence-electron chi connectivity index (χ4n) is 2.56. The van der Waals surface area contributed by atoms with Crippen molar-refractivity contribution in [2.75, 3.05) is 18.8 Å². The monoisotopic (exact) mass is 309 g/mol. The van der Waals surface area contributed by atoms with Gasteiger partial charge in [0.1, 0.15) is 0 Å². The van der Waals surface area contributed by atoms with Crippen LogP contribution >= 0.6 is 11.8 Å². The molecule has 118 valence electrons. The molecule has 1 aromatic heterocycles. The van der Waals surface area contributed by atoms with Crippen LogP contribution in [0.5, 0.6) is 0 Å². The third-order valence-electron chi connectivity index (χ3n) is 3.92. The van der Waals surface area contributed by atoms with E-state index in [-0.39, 0.29) is 0 Å². The Bertz CT molecular complexity index is 488. The highest BCUT2D eigenvalue weighted by Gasteiger charge is 2.15. The largest absolute Gasteiger partial charge is 0.357 e. The van der Waals surface area contributed by atoms with Gasteiger partial charge >= 0.3 is 0 Å². The van der Waals surface area contributed by atoms with Gasteiger partial charge in [-0.2, -0.15) is 16.9 Å². The Morgan fingerprint density at radius 1 is 1.43 bits per heavy atom. The van der Waals surface area contributed by atoms with Gasteiger partial charge in [0, 0.05) is 36.6 Å². The molecule has 0 amide bonds. The Hall–Kier alpha value is -1.17. The van der Waals surface area contributed by atoms with Crippen molar-refractivity contribution in [3.05, 3.63) is 17.0 Å². The van der Waals surface area contributed by atoms with Gasteiger partial charge in [-0.15, -0.1) is 0 Å². The summed E-state index contributed by atoms with van der Waals surface area (Å²) < 4.78 is 1.93. The quantitative estimate of drug-likeness (QED) is 0.645. The van der Waals surface area contributed by atoms with Crippen LogP contribution in [0.15, 0.2) is 4.99 Å². The maximum absolute atomic E-state index is 4.71. The van der Waals surface area contributed by atoms with Crippen LogP contribution < -0.4 is 10.6 Å². The summed E-state index contributed by atoms with van der Waals surface area (Å²) in [4.78, 5) is 4.71. The van der Waals surface area contributed by atoms with Gasteiger partial charge in [-0.05, 0) is 39.4 Å². The summed E-state index contributed by atoms with van der Waals surface area (Å²) in [6.07, 6.45) is 2.66. The van der Waals surface area contributed by atoms with E-state index in [2.05, 4.69) is 41.3 Å². The van der Waals surface area contributed by atoms with Gasteiger partial charge in [-0.3, -0.25) is 4.68 Å². The molecule has 0 saturated carbocycles. The van der Waals surface area contributed by atoms with E-state index in [9.17, 15) is 0 Å². The number of guanidine groups is 1. The fourth-order valence-corrected chi connectivity index (χ4v) is 3.76. The lowest BCUT2D eigenvalue weighted by atomic mass is 10.2. The molecule has 21 heavy (non-hydrogen) atoms. The van der Waals surface area contributed by atoms with E-state index in [1.807, 2.05) is 18.7 Å². The zero-order valence-electron chi connectivity index (χ0n) is 13.6. The fraction of sp³-hybridized carbons (Fsp3) is 0.733. The van der Waals surface area contributed by atoms with Gasteiger partial charge in [0.05, 0.1) is 12.2 Å². The van der Waals surface area contributed by atoms with Crippen LogP contribution in [0, 0.1) is 13.8 Å². The first-order valence-electron chi connectivity index (χ1n) is 7.74. The molecule has 6 heteroatoms. The third-order valence-corrected chi connectivity index (χ3v) is 5.32. The van der Waals surface area contributed by atoms with Gasteiger partial charge in [0.2, 0.25) is 0 Å². The Kier molecular flexibility index (Phi) is 5.96. The maximum atomic E-state index is 4.71. The number of aryl methyl sites for hydroxylation is 2. The average Bonchev–Trinajstić information content (AvgIpc) is 3.04. The first-order valence-corrected chi connectivity index (χ1v) is 8.79. The molecule has 1 aromatic rings. The normalized spacial score (nSPS) is 19.0. The molecule has 1 saturated heterocycles. The molecule has 1 aliphatic rings. The summed E-state index contributed by atoms with van der Waals surface area (Å²) in [7, 11) is 1.98. The number of aromatic nitrogens is 2. The molecule has 5 nitrogen and oxygen atoms in total. The topological polar surface area (TPSA) is 54.2 Å². The lowest BCUT2D eigenvalue weighted by molar-refractivity contribution is 0.725. The summed E-state index contributed by atoms with van der Waals surface area (Å²) in [5, 5.41) is 12.0. The first-order chi connectivity index (χ1) is 10.1. The lowest BCUT2D eigenvalue weighted by Crippen LogP contribution is -2.40. The van der Waals surface area contributed by atoms with E-state index in [1.165, 1.54) is 29.9 Å². The van der Waals surface area contributed by atoms with Crippen LogP contribution in [-0.4, -0.2) is 39.8 Å². The third kappa shape index (κ3) is 4.40. The van der Waals surface area contributed by atoms with Crippen molar-refractivity contribution in [3.8, 4) is 0 Å². The average molecular weight is 309 g/mol. The minimum Gasteiger partial charge on any atom is -0.357 e. The van der Waals surface area contributed by atoms with E-state index in [0.717, 1.165) is 30.0 Å². The van der Waals surface area contributed by atoms with Crippen molar-refractivity contribution >= 4 is 17.7 Å². The zero-order chi connectivity index (χ0) is 15.2. The first kappa shape index (κ1) is 16.2. The lowest BCUT2D eigenvalue weighted by Gasteiger charge is -2.14. The number of rotatable bonds is 5. The number of nitrogens with zero attached hydrogens (tertiary/aromatic N) is 3. The molecular weight excluding hydrogens is 282 g/mol. The number of hydrogen-bond donors (Lipinski definition) is 2. The second kappa shape index (κ2) is 7.73. The molecular formula is C15H27N5S. The SMILES string of the molecule is CCNC(=NCc1c(C)nn(C)c1C)NCC1CCCS1. The van der Waals surface area contributed by atoms with Crippen molar-refractivity contribution in [2.45, 2.75) is 45.4 Å². The van der Waals surface area contributed by atoms with Crippen molar-refractivity contribution < 1.29 is 0 Å². The van der Waals surface area contributed by atoms with E-state index < -0.39 is 0 Å². The Morgan fingerprint density at radius 3 is 2.81 bits per heavy atom. The molecule has 1 unspecified atom stereocenters. The number of thioether (sulfide) groups is 1. The second-order valence-electron chi connectivity index (χ2n) is 5.48. The smallest absolute Gasteiger partial charge is 0.191 e. The van der Waals surface area contributed by atoms with Gasteiger partial charge in [0.25, 0.3) is 0 Å². The molecule has 2 N–H and O–H groups in total. The van der Waals surface area contributed by atoms with Crippen LogP contribution in [-0.2, 0) is 13.6 Å². The molecule has 0 bridgehead atoms. The molecule has 1 fully saturated rings. The van der Waals surface area contributed by atoms with Gasteiger partial charge in [-0.1, -0.05) is 0 Å². The molecule has 0 spiro atoms. The summed E-state index contributed by atoms with van der Waals surface area (Å²) in [5.41, 5.74) is 3.49. The van der Waals surface area contributed by atoms with Crippen molar-refractivity contribution in [2.24, 2.45) is 12.0 Å². The summed E-state index contributed by atoms with van der Waals surface area (Å²) >= 11 is 2.07. The zero-order valence-corrected chi connectivity index (χ0v) is 14.4. The molecule has 0 aliphatic carbocycles.